The van der Waals surface area contributed by atoms with Crippen LogP contribution in [-0.4, -0.2) is 20.1 Å². The lowest BCUT2D eigenvalue weighted by molar-refractivity contribution is -0.116. The van der Waals surface area contributed by atoms with E-state index in [1.807, 2.05) is 49.4 Å². The molecule has 0 radical (unpaired) electrons. The lowest BCUT2D eigenvalue weighted by Gasteiger charge is -2.10. The van der Waals surface area contributed by atoms with Crippen LogP contribution in [-0.2, 0) is 4.79 Å². The highest BCUT2D eigenvalue weighted by molar-refractivity contribution is 6.00. The van der Waals surface area contributed by atoms with Crippen LogP contribution in [0.5, 0.6) is 5.75 Å². The maximum absolute atomic E-state index is 11.7. The summed E-state index contributed by atoms with van der Waals surface area (Å²) in [5, 5.41) is 3.59. The van der Waals surface area contributed by atoms with Crippen molar-refractivity contribution in [3.8, 4) is 16.9 Å². The lowest BCUT2D eigenvalue weighted by atomic mass is 9.99. The number of nitrogens with one attached hydrogen (secondary N) is 1. The molecule has 0 bridgehead atoms. The first kappa shape index (κ1) is 15.9. The molecule has 1 amide bonds. The molecule has 4 heteroatoms. The number of fused-ring (bicyclic) bond motifs is 1. The van der Waals surface area contributed by atoms with E-state index >= 15 is 0 Å². The molecule has 3 rings (SSSR count). The molecule has 0 spiro atoms. The van der Waals surface area contributed by atoms with Gasteiger partial charge in [-0.1, -0.05) is 30.3 Å². The summed E-state index contributed by atoms with van der Waals surface area (Å²) in [6, 6.07) is 13.9. The summed E-state index contributed by atoms with van der Waals surface area (Å²) >= 11 is 0. The number of hydrogen-bond acceptors (Lipinski definition) is 3. The largest absolute Gasteiger partial charge is 0.496 e. The van der Waals surface area contributed by atoms with Crippen molar-refractivity contribution in [1.82, 2.24) is 5.32 Å². The smallest absolute Gasteiger partial charge is 0.244 e. The fourth-order valence-electron chi connectivity index (χ4n) is 2.72. The zero-order chi connectivity index (χ0) is 17.1. The van der Waals surface area contributed by atoms with Gasteiger partial charge in [0.1, 0.15) is 11.3 Å². The van der Waals surface area contributed by atoms with Crippen LogP contribution in [0.15, 0.2) is 59.2 Å². The van der Waals surface area contributed by atoms with Crippen molar-refractivity contribution in [1.29, 1.82) is 0 Å². The second-order valence-corrected chi connectivity index (χ2v) is 5.51. The Labute approximate surface area is 140 Å². The van der Waals surface area contributed by atoms with Gasteiger partial charge in [-0.25, -0.2) is 0 Å². The molecule has 0 saturated heterocycles. The third kappa shape index (κ3) is 2.91. The van der Waals surface area contributed by atoms with E-state index in [0.29, 0.717) is 5.75 Å². The molecule has 2 aromatic carbocycles. The van der Waals surface area contributed by atoms with Crippen molar-refractivity contribution in [2.24, 2.45) is 0 Å². The third-order valence-corrected chi connectivity index (χ3v) is 4.00. The van der Waals surface area contributed by atoms with Crippen LogP contribution in [0.3, 0.4) is 0 Å². The van der Waals surface area contributed by atoms with E-state index in [1.54, 1.807) is 26.5 Å². The molecule has 122 valence electrons. The van der Waals surface area contributed by atoms with Gasteiger partial charge in [-0.05, 0) is 24.1 Å². The van der Waals surface area contributed by atoms with Gasteiger partial charge in [-0.3, -0.25) is 4.79 Å². The van der Waals surface area contributed by atoms with Crippen molar-refractivity contribution in [3.05, 3.63) is 60.4 Å². The monoisotopic (exact) mass is 321 g/mol. The highest BCUT2D eigenvalue weighted by Gasteiger charge is 2.14. The summed E-state index contributed by atoms with van der Waals surface area (Å²) in [5.41, 5.74) is 4.55. The molecular weight excluding hydrogens is 302 g/mol. The number of ether oxygens (including phenoxy) is 1. The fraction of sp³-hybridized carbons (Fsp3) is 0.150. The molecule has 0 aliphatic carbocycles. The van der Waals surface area contributed by atoms with Crippen molar-refractivity contribution in [2.75, 3.05) is 14.2 Å². The second-order valence-electron chi connectivity index (χ2n) is 5.51. The number of likely N-dealkylation sites (N-methyl/N-ethyl adjacent to an activating group) is 1. The number of carbonyl (C=O) groups excluding carboxylic acids is 1. The fourth-order valence-corrected chi connectivity index (χ4v) is 2.72. The normalized spacial score (nSPS) is 11.5. The van der Waals surface area contributed by atoms with E-state index in [0.717, 1.165) is 33.2 Å². The van der Waals surface area contributed by atoms with Crippen LogP contribution in [0.25, 0.3) is 27.7 Å². The predicted molar refractivity (Wildman–Crippen MR) is 95.9 cm³/mol. The summed E-state index contributed by atoms with van der Waals surface area (Å²) in [5.74, 6) is 0.527. The Balaban J connectivity index is 2.19. The highest BCUT2D eigenvalue weighted by Crippen LogP contribution is 2.37. The van der Waals surface area contributed by atoms with Crippen molar-refractivity contribution < 1.29 is 13.9 Å². The van der Waals surface area contributed by atoms with Gasteiger partial charge in [-0.15, -0.1) is 0 Å². The van der Waals surface area contributed by atoms with Gasteiger partial charge in [0.15, 0.2) is 0 Å². The molecule has 1 aromatic heterocycles. The summed E-state index contributed by atoms with van der Waals surface area (Å²) in [6.07, 6.45) is 3.31. The molecule has 0 aliphatic heterocycles. The van der Waals surface area contributed by atoms with Crippen LogP contribution >= 0.6 is 0 Å². The summed E-state index contributed by atoms with van der Waals surface area (Å²) in [7, 11) is 3.22. The topological polar surface area (TPSA) is 51.5 Å². The van der Waals surface area contributed by atoms with Crippen LogP contribution in [0.1, 0.15) is 12.5 Å². The Bertz CT molecular complexity index is 907. The maximum atomic E-state index is 11.7. The molecule has 0 unspecified atom stereocenters. The SMILES string of the molecule is CNC(=O)/C=C(\C)c1cc2c(-c3ccccc3)coc2cc1OC. The number of rotatable bonds is 4. The summed E-state index contributed by atoms with van der Waals surface area (Å²) < 4.78 is 11.2. The van der Waals surface area contributed by atoms with Crippen LogP contribution < -0.4 is 10.1 Å². The number of methoxy groups -OCH3 is 1. The quantitative estimate of drug-likeness (QED) is 0.731. The van der Waals surface area contributed by atoms with Crippen molar-refractivity contribution in [3.63, 3.8) is 0 Å². The van der Waals surface area contributed by atoms with Crippen LogP contribution in [0, 0.1) is 0 Å². The Morgan fingerprint density at radius 1 is 1.21 bits per heavy atom. The molecule has 0 atom stereocenters. The van der Waals surface area contributed by atoms with Gasteiger partial charge in [0.25, 0.3) is 0 Å². The number of furan rings is 1. The van der Waals surface area contributed by atoms with E-state index in [2.05, 4.69) is 5.32 Å². The van der Waals surface area contributed by atoms with Crippen molar-refractivity contribution in [2.45, 2.75) is 6.92 Å². The van der Waals surface area contributed by atoms with Crippen LogP contribution in [0.4, 0.5) is 0 Å². The Hall–Kier alpha value is -3.01. The molecule has 0 fully saturated rings. The zero-order valence-corrected chi connectivity index (χ0v) is 13.9. The molecule has 1 N–H and O–H groups in total. The lowest BCUT2D eigenvalue weighted by Crippen LogP contribution is -2.14. The molecule has 4 nitrogen and oxygen atoms in total. The standard InChI is InChI=1S/C20H19NO3/c1-13(9-20(22)21-2)15-10-16-17(14-7-5-4-6-8-14)12-24-19(16)11-18(15)23-3/h4-12H,1-3H3,(H,21,22)/b13-9+. The first-order valence-electron chi connectivity index (χ1n) is 7.69. The van der Waals surface area contributed by atoms with Gasteiger partial charge < -0.3 is 14.5 Å². The Morgan fingerprint density at radius 2 is 1.96 bits per heavy atom. The van der Waals surface area contributed by atoms with E-state index in [1.165, 1.54) is 0 Å². The van der Waals surface area contributed by atoms with E-state index < -0.39 is 0 Å². The van der Waals surface area contributed by atoms with Gasteiger partial charge in [-0.2, -0.15) is 0 Å². The van der Waals surface area contributed by atoms with Gasteiger partial charge in [0, 0.05) is 35.7 Å². The maximum Gasteiger partial charge on any atom is 0.244 e. The number of benzene rings is 2. The predicted octanol–water partition coefficient (Wildman–Crippen LogP) is 4.26. The first-order valence-corrected chi connectivity index (χ1v) is 7.69. The number of allylic oxidation sites excluding steroid dienone is 1. The molecule has 1 heterocycles. The molecular formula is C20H19NO3. The number of carbonyl (C=O) groups is 1. The molecule has 0 saturated carbocycles. The number of hydrogen-bond donors (Lipinski definition) is 1. The minimum absolute atomic E-state index is 0.148. The minimum Gasteiger partial charge on any atom is -0.496 e. The van der Waals surface area contributed by atoms with E-state index in [4.69, 9.17) is 9.15 Å². The Kier molecular flexibility index (Phi) is 4.38. The van der Waals surface area contributed by atoms with E-state index in [-0.39, 0.29) is 5.91 Å². The highest BCUT2D eigenvalue weighted by atomic mass is 16.5. The third-order valence-electron chi connectivity index (χ3n) is 4.00. The minimum atomic E-state index is -0.148. The zero-order valence-electron chi connectivity index (χ0n) is 13.9. The van der Waals surface area contributed by atoms with Gasteiger partial charge in [0.05, 0.1) is 13.4 Å². The molecule has 3 aromatic rings. The average molecular weight is 321 g/mol. The first-order chi connectivity index (χ1) is 11.6. The summed E-state index contributed by atoms with van der Waals surface area (Å²) in [4.78, 5) is 11.7. The second kappa shape index (κ2) is 6.62. The van der Waals surface area contributed by atoms with Gasteiger partial charge >= 0.3 is 0 Å². The molecule has 24 heavy (non-hydrogen) atoms. The van der Waals surface area contributed by atoms with E-state index in [9.17, 15) is 4.79 Å². The van der Waals surface area contributed by atoms with Crippen LogP contribution in [0.2, 0.25) is 0 Å². The Morgan fingerprint density at radius 3 is 2.62 bits per heavy atom. The average Bonchev–Trinajstić information content (AvgIpc) is 3.03. The molecule has 0 aliphatic rings. The summed E-state index contributed by atoms with van der Waals surface area (Å²) in [6.45, 7) is 1.89. The number of amides is 1. The van der Waals surface area contributed by atoms with Gasteiger partial charge in [0.2, 0.25) is 5.91 Å². The van der Waals surface area contributed by atoms with Crippen molar-refractivity contribution >= 4 is 22.4 Å².